The van der Waals surface area contributed by atoms with Gasteiger partial charge in [0.1, 0.15) is 23.2 Å². The van der Waals surface area contributed by atoms with Gasteiger partial charge in [-0.05, 0) is 49.1 Å². The van der Waals surface area contributed by atoms with Gasteiger partial charge in [0.2, 0.25) is 5.95 Å². The van der Waals surface area contributed by atoms with E-state index in [1.807, 2.05) is 74.5 Å². The number of nitriles is 1. The summed E-state index contributed by atoms with van der Waals surface area (Å²) >= 11 is 0. The van der Waals surface area contributed by atoms with Gasteiger partial charge in [-0.1, -0.05) is 36.4 Å². The molecule has 0 aliphatic heterocycles. The predicted octanol–water partition coefficient (Wildman–Crippen LogP) is 4.79. The Kier molecular flexibility index (Phi) is 6.46. The van der Waals surface area contributed by atoms with E-state index in [2.05, 4.69) is 26.3 Å². The normalized spacial score (nSPS) is 11.6. The van der Waals surface area contributed by atoms with Crippen LogP contribution in [0.15, 0.2) is 77.9 Å². The molecule has 188 valence electrons. The highest BCUT2D eigenvalue weighted by Crippen LogP contribution is 2.32. The lowest BCUT2D eigenvalue weighted by molar-refractivity contribution is 0.412. The smallest absolute Gasteiger partial charge is 0.263 e. The number of rotatable bonds is 6. The fraction of sp³-hybridized carbons (Fsp3) is 0.138. The first-order chi connectivity index (χ1) is 18.4. The molecule has 0 radical (unpaired) electrons. The van der Waals surface area contributed by atoms with Crippen LogP contribution < -0.4 is 21.3 Å². The van der Waals surface area contributed by atoms with Crippen LogP contribution in [0.4, 0.5) is 11.8 Å². The van der Waals surface area contributed by atoms with Crippen LogP contribution in [-0.2, 0) is 0 Å². The van der Waals surface area contributed by atoms with Crippen LogP contribution >= 0.6 is 0 Å². The number of nitrogen functional groups attached to an aromatic ring is 1. The Morgan fingerprint density at radius 2 is 1.87 bits per heavy atom. The van der Waals surface area contributed by atoms with Crippen LogP contribution in [-0.4, -0.2) is 26.6 Å². The van der Waals surface area contributed by atoms with Crippen LogP contribution in [0, 0.1) is 18.3 Å². The van der Waals surface area contributed by atoms with Crippen molar-refractivity contribution in [1.29, 1.82) is 5.26 Å². The minimum Gasteiger partial charge on any atom is -0.495 e. The highest BCUT2D eigenvalue weighted by molar-refractivity contribution is 5.96. The number of nitrogens with zero attached hydrogens (tertiary/aromatic N) is 5. The Morgan fingerprint density at radius 3 is 2.58 bits per heavy atom. The second kappa shape index (κ2) is 10.0. The number of hydrogen-bond acceptors (Lipinski definition) is 8. The van der Waals surface area contributed by atoms with Gasteiger partial charge in [0.25, 0.3) is 5.56 Å². The molecule has 5 rings (SSSR count). The van der Waals surface area contributed by atoms with Crippen molar-refractivity contribution in [2.24, 2.45) is 0 Å². The standard InChI is InChI=1S/C29H25N7O2/c1-17-12-22(38-3)16-32-26(17)23-11-7-8-19-13-24(18(2)34-27-20(14-30)15-33-29(31)35-27)36(28(37)25(19)23)21-9-5-4-6-10-21/h4-13,15-16,18H,1-3H3,(H3,31,33,34,35)/t18-/m0/s1. The lowest BCUT2D eigenvalue weighted by atomic mass is 9.98. The van der Waals surface area contributed by atoms with Crippen LogP contribution in [0.2, 0.25) is 0 Å². The van der Waals surface area contributed by atoms with Crippen molar-refractivity contribution in [1.82, 2.24) is 19.5 Å². The molecular weight excluding hydrogens is 478 g/mol. The molecule has 0 saturated carbocycles. The predicted molar refractivity (Wildman–Crippen MR) is 147 cm³/mol. The molecule has 3 aromatic heterocycles. The van der Waals surface area contributed by atoms with Gasteiger partial charge in [-0.3, -0.25) is 14.3 Å². The fourth-order valence-corrected chi connectivity index (χ4v) is 4.55. The number of nitrogens with two attached hydrogens (primary N) is 1. The van der Waals surface area contributed by atoms with E-state index in [4.69, 9.17) is 10.5 Å². The first kappa shape index (κ1) is 24.5. The number of para-hydroxylation sites is 1. The molecule has 5 aromatic rings. The quantitative estimate of drug-likeness (QED) is 0.338. The van der Waals surface area contributed by atoms with E-state index in [1.165, 1.54) is 6.20 Å². The summed E-state index contributed by atoms with van der Waals surface area (Å²) in [7, 11) is 1.60. The summed E-state index contributed by atoms with van der Waals surface area (Å²) in [5.41, 5.74) is 9.58. The largest absolute Gasteiger partial charge is 0.495 e. The van der Waals surface area contributed by atoms with E-state index in [9.17, 15) is 10.1 Å². The number of methoxy groups -OCH3 is 1. The molecule has 9 heteroatoms. The van der Waals surface area contributed by atoms with Gasteiger partial charge >= 0.3 is 0 Å². The van der Waals surface area contributed by atoms with E-state index in [0.717, 1.165) is 16.5 Å². The van der Waals surface area contributed by atoms with Crippen LogP contribution in [0.3, 0.4) is 0 Å². The molecule has 0 saturated heterocycles. The summed E-state index contributed by atoms with van der Waals surface area (Å²) in [6.45, 7) is 3.85. The monoisotopic (exact) mass is 503 g/mol. The zero-order valence-corrected chi connectivity index (χ0v) is 21.1. The van der Waals surface area contributed by atoms with Gasteiger partial charge in [0.05, 0.1) is 36.6 Å². The van der Waals surface area contributed by atoms with E-state index in [1.54, 1.807) is 17.9 Å². The second-order valence-corrected chi connectivity index (χ2v) is 8.82. The van der Waals surface area contributed by atoms with Gasteiger partial charge in [-0.25, -0.2) is 4.98 Å². The van der Waals surface area contributed by atoms with Crippen molar-refractivity contribution in [3.63, 3.8) is 0 Å². The molecule has 0 unspecified atom stereocenters. The van der Waals surface area contributed by atoms with Crippen molar-refractivity contribution in [3.8, 4) is 28.8 Å². The third kappa shape index (κ3) is 4.40. The zero-order chi connectivity index (χ0) is 26.8. The molecule has 0 bridgehead atoms. The summed E-state index contributed by atoms with van der Waals surface area (Å²) in [6.07, 6.45) is 3.02. The lowest BCUT2D eigenvalue weighted by Gasteiger charge is -2.22. The number of benzene rings is 2. The maximum atomic E-state index is 14.3. The molecule has 0 spiro atoms. The lowest BCUT2D eigenvalue weighted by Crippen LogP contribution is -2.26. The van der Waals surface area contributed by atoms with Crippen molar-refractivity contribution < 1.29 is 4.74 Å². The van der Waals surface area contributed by atoms with Crippen molar-refractivity contribution >= 4 is 22.5 Å². The van der Waals surface area contributed by atoms with Crippen molar-refractivity contribution in [3.05, 3.63) is 100 Å². The molecule has 3 N–H and O–H groups in total. The van der Waals surface area contributed by atoms with Crippen molar-refractivity contribution in [2.45, 2.75) is 19.9 Å². The molecule has 0 fully saturated rings. The summed E-state index contributed by atoms with van der Waals surface area (Å²) in [6, 6.07) is 20.7. The molecular formula is C29H25N7O2. The van der Waals surface area contributed by atoms with Crippen LogP contribution in [0.25, 0.3) is 27.7 Å². The average molecular weight is 504 g/mol. The minimum atomic E-state index is -0.418. The Bertz CT molecular complexity index is 1760. The van der Waals surface area contributed by atoms with Gasteiger partial charge in [0, 0.05) is 16.9 Å². The van der Waals surface area contributed by atoms with E-state index >= 15 is 0 Å². The Balaban J connectivity index is 1.75. The van der Waals surface area contributed by atoms with Gasteiger partial charge in [-0.15, -0.1) is 0 Å². The Labute approximate surface area is 219 Å². The maximum Gasteiger partial charge on any atom is 0.263 e. The maximum absolute atomic E-state index is 14.3. The summed E-state index contributed by atoms with van der Waals surface area (Å²) < 4.78 is 7.00. The molecule has 0 aliphatic carbocycles. The third-order valence-corrected chi connectivity index (χ3v) is 6.36. The number of anilines is 2. The fourth-order valence-electron chi connectivity index (χ4n) is 4.55. The van der Waals surface area contributed by atoms with Gasteiger partial charge < -0.3 is 15.8 Å². The third-order valence-electron chi connectivity index (χ3n) is 6.36. The number of pyridine rings is 2. The van der Waals surface area contributed by atoms with Crippen LogP contribution in [0.5, 0.6) is 5.75 Å². The number of ether oxygens (including phenoxy) is 1. The SMILES string of the molecule is COc1cnc(-c2cccc3cc([C@H](C)Nc4nc(N)ncc4C#N)n(-c4ccccc4)c(=O)c23)c(C)c1. The molecule has 38 heavy (non-hydrogen) atoms. The topological polar surface area (TPSA) is 132 Å². The van der Waals surface area contributed by atoms with E-state index in [0.29, 0.717) is 34.0 Å². The van der Waals surface area contributed by atoms with Gasteiger partial charge in [0.15, 0.2) is 0 Å². The minimum absolute atomic E-state index is 0.0460. The molecule has 1 atom stereocenters. The first-order valence-corrected chi connectivity index (χ1v) is 12.0. The highest BCUT2D eigenvalue weighted by atomic mass is 16.5. The molecule has 2 aromatic carbocycles. The average Bonchev–Trinajstić information content (AvgIpc) is 2.93. The van der Waals surface area contributed by atoms with E-state index < -0.39 is 6.04 Å². The second-order valence-electron chi connectivity index (χ2n) is 8.82. The van der Waals surface area contributed by atoms with Gasteiger partial charge in [-0.2, -0.15) is 10.2 Å². The summed E-state index contributed by atoms with van der Waals surface area (Å²) in [5.74, 6) is 0.994. The number of aryl methyl sites for hydroxylation is 1. The Morgan fingerprint density at radius 1 is 1.08 bits per heavy atom. The molecule has 0 aliphatic rings. The molecule has 3 heterocycles. The molecule has 0 amide bonds. The van der Waals surface area contributed by atoms with E-state index in [-0.39, 0.29) is 17.1 Å². The van der Waals surface area contributed by atoms with Crippen LogP contribution in [0.1, 0.15) is 29.8 Å². The first-order valence-electron chi connectivity index (χ1n) is 12.0. The number of fused-ring (bicyclic) bond motifs is 1. The number of aromatic nitrogens is 4. The summed E-state index contributed by atoms with van der Waals surface area (Å²) in [4.78, 5) is 27.0. The zero-order valence-electron chi connectivity index (χ0n) is 21.1. The Hall–Kier alpha value is -5.23. The molecule has 9 nitrogen and oxygen atoms in total. The number of hydrogen-bond donors (Lipinski definition) is 2. The highest BCUT2D eigenvalue weighted by Gasteiger charge is 2.21. The number of nitrogens with one attached hydrogen (secondary N) is 1. The summed E-state index contributed by atoms with van der Waals surface area (Å²) in [5, 5.41) is 14.1. The van der Waals surface area contributed by atoms with Crippen molar-refractivity contribution in [2.75, 3.05) is 18.2 Å².